The Bertz CT molecular complexity index is 1310. The number of carbonyl (C=O) groups is 3. The average molecular weight is 560 g/mol. The molecule has 9 nitrogen and oxygen atoms in total. The molecular weight excluding hydrogens is 527 g/mol. The molecule has 2 atom stereocenters. The topological polar surface area (TPSA) is 117 Å². The van der Waals surface area contributed by atoms with E-state index in [1.165, 1.54) is 35.9 Å². The van der Waals surface area contributed by atoms with Gasteiger partial charge in [0.05, 0.1) is 16.8 Å². The van der Waals surface area contributed by atoms with Crippen molar-refractivity contribution in [2.24, 2.45) is 16.3 Å². The van der Waals surface area contributed by atoms with Crippen molar-refractivity contribution in [1.29, 1.82) is 0 Å². The zero-order chi connectivity index (χ0) is 29.3. The van der Waals surface area contributed by atoms with Crippen molar-refractivity contribution in [2.75, 3.05) is 26.7 Å². The number of hydrogen-bond acceptors (Lipinski definition) is 6. The van der Waals surface area contributed by atoms with Crippen LogP contribution in [0.1, 0.15) is 31.4 Å². The number of nitrogens with zero attached hydrogens (tertiary/aromatic N) is 3. The molecule has 1 unspecified atom stereocenters. The lowest BCUT2D eigenvalue weighted by Gasteiger charge is -2.40. The standard InChI is InChI=1S/C28H32F3N5O4/c1-26(2,32)24(38)33-20(16-40-21-12-8-7-11-19(21)28(29,30)31)23(37)36-14-13-22-27(17-36,25(39)35(3)34-22)15-18-9-5-4-6-10-18/h4-12,20H,13-17,32H2,1-3H3,(H,33,38)/t20?,27-/m1/s1. The summed E-state index contributed by atoms with van der Waals surface area (Å²) in [6, 6.07) is 12.6. The number of nitrogens with two attached hydrogens (primary N) is 1. The molecule has 1 saturated heterocycles. The number of piperidine rings is 1. The molecule has 214 valence electrons. The lowest BCUT2D eigenvalue weighted by Crippen LogP contribution is -2.62. The van der Waals surface area contributed by atoms with Crippen LogP contribution in [0.3, 0.4) is 0 Å². The molecule has 0 aromatic heterocycles. The highest BCUT2D eigenvalue weighted by Gasteiger charge is 2.54. The van der Waals surface area contributed by atoms with Crippen LogP contribution in [0.4, 0.5) is 13.2 Å². The van der Waals surface area contributed by atoms with Crippen LogP contribution in [-0.2, 0) is 27.0 Å². The molecule has 2 heterocycles. The number of carbonyl (C=O) groups excluding carboxylic acids is 3. The second kappa shape index (κ2) is 10.9. The summed E-state index contributed by atoms with van der Waals surface area (Å²) in [5.41, 5.74) is 3.97. The van der Waals surface area contributed by atoms with Gasteiger partial charge in [-0.25, -0.2) is 5.01 Å². The Morgan fingerprint density at radius 2 is 1.77 bits per heavy atom. The third-order valence-electron chi connectivity index (χ3n) is 7.05. The first-order chi connectivity index (χ1) is 18.7. The highest BCUT2D eigenvalue weighted by molar-refractivity contribution is 6.13. The Labute approximate surface area is 230 Å². The number of benzene rings is 2. The third-order valence-corrected chi connectivity index (χ3v) is 7.05. The van der Waals surface area contributed by atoms with Gasteiger partial charge >= 0.3 is 6.18 Å². The van der Waals surface area contributed by atoms with Crippen molar-refractivity contribution in [2.45, 2.75) is 44.4 Å². The van der Waals surface area contributed by atoms with Gasteiger partial charge in [-0.2, -0.15) is 18.3 Å². The fourth-order valence-electron chi connectivity index (χ4n) is 4.95. The molecule has 0 saturated carbocycles. The zero-order valence-corrected chi connectivity index (χ0v) is 22.5. The third kappa shape index (κ3) is 5.96. The summed E-state index contributed by atoms with van der Waals surface area (Å²) in [7, 11) is 1.56. The molecule has 0 spiro atoms. The highest BCUT2D eigenvalue weighted by Crippen LogP contribution is 2.39. The molecule has 0 aliphatic carbocycles. The Morgan fingerprint density at radius 3 is 2.42 bits per heavy atom. The van der Waals surface area contributed by atoms with Gasteiger partial charge in [-0.1, -0.05) is 42.5 Å². The molecule has 12 heteroatoms. The summed E-state index contributed by atoms with van der Waals surface area (Å²) in [5.74, 6) is -2.03. The van der Waals surface area contributed by atoms with E-state index in [1.54, 1.807) is 7.05 Å². The number of halogens is 3. The number of likely N-dealkylation sites (tertiary alicyclic amines) is 1. The Morgan fingerprint density at radius 1 is 1.12 bits per heavy atom. The monoisotopic (exact) mass is 559 g/mol. The second-order valence-electron chi connectivity index (χ2n) is 10.7. The van der Waals surface area contributed by atoms with Gasteiger partial charge in [0.2, 0.25) is 11.8 Å². The number of hydrogen-bond donors (Lipinski definition) is 2. The van der Waals surface area contributed by atoms with Crippen LogP contribution in [-0.4, -0.2) is 71.7 Å². The number of amides is 3. The molecule has 1 fully saturated rings. The highest BCUT2D eigenvalue weighted by atomic mass is 19.4. The normalized spacial score (nSPS) is 20.1. The second-order valence-corrected chi connectivity index (χ2v) is 10.7. The summed E-state index contributed by atoms with van der Waals surface area (Å²) < 4.78 is 46.0. The first-order valence-corrected chi connectivity index (χ1v) is 12.8. The van der Waals surface area contributed by atoms with Gasteiger partial charge in [0.15, 0.2) is 0 Å². The van der Waals surface area contributed by atoms with E-state index in [-0.39, 0.29) is 19.0 Å². The lowest BCUT2D eigenvalue weighted by molar-refractivity contribution is -0.143. The zero-order valence-electron chi connectivity index (χ0n) is 22.5. The molecule has 2 aliphatic rings. The first-order valence-electron chi connectivity index (χ1n) is 12.8. The molecule has 4 rings (SSSR count). The van der Waals surface area contributed by atoms with Gasteiger partial charge in [0.25, 0.3) is 5.91 Å². The number of rotatable bonds is 8. The predicted molar refractivity (Wildman–Crippen MR) is 141 cm³/mol. The summed E-state index contributed by atoms with van der Waals surface area (Å²) in [5, 5.41) is 8.25. The fourth-order valence-corrected chi connectivity index (χ4v) is 4.95. The summed E-state index contributed by atoms with van der Waals surface area (Å²) in [4.78, 5) is 41.4. The Balaban J connectivity index is 1.61. The maximum Gasteiger partial charge on any atom is 0.419 e. The van der Waals surface area contributed by atoms with E-state index >= 15 is 0 Å². The van der Waals surface area contributed by atoms with Crippen LogP contribution >= 0.6 is 0 Å². The fraction of sp³-hybridized carbons (Fsp3) is 0.429. The minimum absolute atomic E-state index is 0.0136. The molecule has 2 aliphatic heterocycles. The predicted octanol–water partition coefficient (Wildman–Crippen LogP) is 2.60. The van der Waals surface area contributed by atoms with Crippen LogP contribution in [0.5, 0.6) is 5.75 Å². The molecule has 2 aromatic rings. The maximum atomic E-state index is 13.8. The smallest absolute Gasteiger partial charge is 0.419 e. The molecule has 3 amide bonds. The Hall–Kier alpha value is -3.93. The summed E-state index contributed by atoms with van der Waals surface area (Å²) in [6.07, 6.45) is -4.06. The number of alkyl halides is 3. The van der Waals surface area contributed by atoms with Gasteiger partial charge in [0.1, 0.15) is 23.8 Å². The molecular formula is C28H32F3N5O4. The molecule has 0 radical (unpaired) electrons. The quantitative estimate of drug-likeness (QED) is 0.516. The number of ether oxygens (including phenoxy) is 1. The van der Waals surface area contributed by atoms with Crippen LogP contribution in [0.25, 0.3) is 0 Å². The van der Waals surface area contributed by atoms with Crippen molar-refractivity contribution in [1.82, 2.24) is 15.2 Å². The van der Waals surface area contributed by atoms with Gasteiger partial charge in [-0.05, 0) is 38.0 Å². The number of hydrazone groups is 1. The van der Waals surface area contributed by atoms with E-state index in [9.17, 15) is 27.6 Å². The minimum atomic E-state index is -4.68. The molecule has 40 heavy (non-hydrogen) atoms. The van der Waals surface area contributed by atoms with Crippen molar-refractivity contribution in [3.63, 3.8) is 0 Å². The van der Waals surface area contributed by atoms with Crippen molar-refractivity contribution in [3.8, 4) is 5.75 Å². The van der Waals surface area contributed by atoms with E-state index in [2.05, 4.69) is 10.4 Å². The number of para-hydroxylation sites is 1. The SMILES string of the molecule is CN1N=C2CCN(C(=O)C(COc3ccccc3C(F)(F)F)NC(=O)C(C)(C)N)C[C@@]2(Cc2ccccc2)C1=O. The van der Waals surface area contributed by atoms with Crippen molar-refractivity contribution in [3.05, 3.63) is 65.7 Å². The van der Waals surface area contributed by atoms with Gasteiger partial charge < -0.3 is 20.7 Å². The minimum Gasteiger partial charge on any atom is -0.490 e. The van der Waals surface area contributed by atoms with Crippen molar-refractivity contribution < 1.29 is 32.3 Å². The largest absolute Gasteiger partial charge is 0.490 e. The lowest BCUT2D eigenvalue weighted by atomic mass is 9.73. The van der Waals surface area contributed by atoms with Crippen LogP contribution in [0.15, 0.2) is 59.7 Å². The van der Waals surface area contributed by atoms with Gasteiger partial charge in [0, 0.05) is 26.6 Å². The van der Waals surface area contributed by atoms with Gasteiger partial charge in [-0.15, -0.1) is 0 Å². The summed E-state index contributed by atoms with van der Waals surface area (Å²) >= 11 is 0. The first kappa shape index (κ1) is 29.1. The molecule has 0 bridgehead atoms. The number of nitrogens with one attached hydrogen (secondary N) is 1. The van der Waals surface area contributed by atoms with E-state index in [4.69, 9.17) is 10.5 Å². The molecule has 2 aromatic carbocycles. The van der Waals surface area contributed by atoms with Crippen molar-refractivity contribution >= 4 is 23.4 Å². The van der Waals surface area contributed by atoms with E-state index in [0.29, 0.717) is 18.6 Å². The van der Waals surface area contributed by atoms with Crippen LogP contribution < -0.4 is 15.8 Å². The maximum absolute atomic E-state index is 13.8. The average Bonchev–Trinajstić information content (AvgIpc) is 3.14. The summed E-state index contributed by atoms with van der Waals surface area (Å²) in [6.45, 7) is 2.49. The van der Waals surface area contributed by atoms with E-state index in [1.807, 2.05) is 30.3 Å². The Kier molecular flexibility index (Phi) is 7.93. The van der Waals surface area contributed by atoms with Gasteiger partial charge in [-0.3, -0.25) is 14.4 Å². The van der Waals surface area contributed by atoms with Crippen LogP contribution in [0.2, 0.25) is 0 Å². The molecule has 3 N–H and O–H groups in total. The van der Waals surface area contributed by atoms with Crippen LogP contribution in [0, 0.1) is 5.41 Å². The van der Waals surface area contributed by atoms with E-state index in [0.717, 1.165) is 17.7 Å². The van der Waals surface area contributed by atoms with E-state index < -0.39 is 52.9 Å². The number of fused-ring (bicyclic) bond motifs is 1.